The van der Waals surface area contributed by atoms with E-state index in [-0.39, 0.29) is 23.0 Å². The Bertz CT molecular complexity index is 999. The summed E-state index contributed by atoms with van der Waals surface area (Å²) in [6, 6.07) is 12.0. The summed E-state index contributed by atoms with van der Waals surface area (Å²) in [5.41, 5.74) is 1.10. The average Bonchev–Trinajstić information content (AvgIpc) is 3.09. The summed E-state index contributed by atoms with van der Waals surface area (Å²) in [5.74, 6) is -2.03. The number of urea groups is 1. The fourth-order valence-corrected chi connectivity index (χ4v) is 4.99. The number of rotatable bonds is 6. The first-order valence-electron chi connectivity index (χ1n) is 11.5. The zero-order valence-electron chi connectivity index (χ0n) is 18.4. The van der Waals surface area contributed by atoms with E-state index in [1.54, 1.807) is 24.3 Å². The average molecular weight is 437 g/mol. The monoisotopic (exact) mass is 436 g/mol. The van der Waals surface area contributed by atoms with Crippen molar-refractivity contribution in [3.8, 4) is 0 Å². The highest BCUT2D eigenvalue weighted by atomic mass is 19.1. The molecule has 1 aliphatic carbocycles. The summed E-state index contributed by atoms with van der Waals surface area (Å²) in [6.07, 6.45) is 7.00. The van der Waals surface area contributed by atoms with E-state index in [4.69, 9.17) is 0 Å². The van der Waals surface area contributed by atoms with Crippen molar-refractivity contribution in [1.29, 1.82) is 0 Å². The third kappa shape index (κ3) is 4.45. The van der Waals surface area contributed by atoms with Gasteiger partial charge in [-0.25, -0.2) is 14.1 Å². The van der Waals surface area contributed by atoms with Gasteiger partial charge in [-0.2, -0.15) is 0 Å². The van der Waals surface area contributed by atoms with Crippen LogP contribution in [0.3, 0.4) is 0 Å². The fraction of sp³-hybridized carbons (Fsp3) is 0.423. The van der Waals surface area contributed by atoms with Gasteiger partial charge < -0.3 is 5.32 Å². The van der Waals surface area contributed by atoms with Gasteiger partial charge in [0.25, 0.3) is 0 Å². The molecule has 0 spiro atoms. The van der Waals surface area contributed by atoms with Gasteiger partial charge in [0.15, 0.2) is 5.78 Å². The first kappa shape index (κ1) is 22.2. The number of nitrogens with one attached hydrogen (secondary N) is 1. The second-order valence-electron chi connectivity index (χ2n) is 8.87. The Kier molecular flexibility index (Phi) is 6.68. The van der Waals surface area contributed by atoms with Gasteiger partial charge in [0.2, 0.25) is 5.91 Å². The van der Waals surface area contributed by atoms with Gasteiger partial charge in [-0.3, -0.25) is 9.59 Å². The Morgan fingerprint density at radius 1 is 1.06 bits per heavy atom. The number of Topliss-reactive ketones (excluding diaryl/α,β-unsaturated/α-hetero) is 1. The van der Waals surface area contributed by atoms with Gasteiger partial charge in [0.1, 0.15) is 11.7 Å². The number of carbonyl (C=O) groups excluding carboxylic acids is 3. The molecule has 1 unspecified atom stereocenters. The van der Waals surface area contributed by atoms with E-state index in [9.17, 15) is 18.8 Å². The van der Waals surface area contributed by atoms with Crippen molar-refractivity contribution < 1.29 is 18.8 Å². The molecule has 1 N–H and O–H groups in total. The van der Waals surface area contributed by atoms with E-state index < -0.39 is 23.7 Å². The Balaban J connectivity index is 1.54. The van der Waals surface area contributed by atoms with Crippen molar-refractivity contribution >= 4 is 29.1 Å². The molecule has 6 heteroatoms. The third-order valence-electron chi connectivity index (χ3n) is 6.74. The number of imide groups is 1. The molecule has 0 radical (unpaired) electrons. The van der Waals surface area contributed by atoms with Crippen molar-refractivity contribution in [2.45, 2.75) is 57.8 Å². The minimum absolute atomic E-state index is 0.189. The van der Waals surface area contributed by atoms with Crippen LogP contribution in [0.1, 0.15) is 63.4 Å². The molecule has 0 saturated heterocycles. The van der Waals surface area contributed by atoms with Crippen LogP contribution in [0.15, 0.2) is 48.5 Å². The highest BCUT2D eigenvalue weighted by Gasteiger charge is 2.47. The summed E-state index contributed by atoms with van der Waals surface area (Å²) in [4.78, 5) is 40.7. The molecule has 1 aliphatic heterocycles. The Labute approximate surface area is 188 Å². The lowest BCUT2D eigenvalue weighted by molar-refractivity contribution is -0.131. The van der Waals surface area contributed by atoms with E-state index in [1.807, 2.05) is 6.07 Å². The highest BCUT2D eigenvalue weighted by Crippen LogP contribution is 2.42. The van der Waals surface area contributed by atoms with Gasteiger partial charge >= 0.3 is 6.03 Å². The molecule has 2 aromatic carbocycles. The summed E-state index contributed by atoms with van der Waals surface area (Å²) in [6.45, 7) is 2.18. The number of para-hydroxylation sites is 1. The second-order valence-corrected chi connectivity index (χ2v) is 8.87. The summed E-state index contributed by atoms with van der Waals surface area (Å²) in [7, 11) is 0. The van der Waals surface area contributed by atoms with Crippen molar-refractivity contribution in [1.82, 2.24) is 0 Å². The van der Waals surface area contributed by atoms with E-state index in [1.165, 1.54) is 37.5 Å². The van der Waals surface area contributed by atoms with Gasteiger partial charge in [-0.05, 0) is 67.5 Å². The van der Waals surface area contributed by atoms with Gasteiger partial charge in [-0.15, -0.1) is 0 Å². The summed E-state index contributed by atoms with van der Waals surface area (Å²) >= 11 is 0. The molecule has 1 atom stereocenters. The third-order valence-corrected chi connectivity index (χ3v) is 6.74. The van der Waals surface area contributed by atoms with Crippen LogP contribution >= 0.6 is 0 Å². The summed E-state index contributed by atoms with van der Waals surface area (Å²) < 4.78 is 14.1. The van der Waals surface area contributed by atoms with Crippen LogP contribution < -0.4 is 10.2 Å². The quantitative estimate of drug-likeness (QED) is 0.560. The largest absolute Gasteiger partial charge is 0.333 e. The maximum Gasteiger partial charge on any atom is 0.333 e. The minimum Gasteiger partial charge on any atom is -0.307 e. The lowest BCUT2D eigenvalue weighted by Crippen LogP contribution is -2.41. The molecule has 0 aromatic heterocycles. The van der Waals surface area contributed by atoms with Crippen LogP contribution in [0.4, 0.5) is 20.6 Å². The molecule has 2 aromatic rings. The number of carbonyl (C=O) groups is 3. The van der Waals surface area contributed by atoms with Crippen LogP contribution in [0, 0.1) is 17.7 Å². The van der Waals surface area contributed by atoms with E-state index in [0.717, 1.165) is 30.6 Å². The zero-order valence-corrected chi connectivity index (χ0v) is 18.4. The molecule has 2 aliphatic rings. The molecule has 32 heavy (non-hydrogen) atoms. The van der Waals surface area contributed by atoms with E-state index >= 15 is 0 Å². The molecule has 1 heterocycles. The Morgan fingerprint density at radius 2 is 1.78 bits per heavy atom. The highest BCUT2D eigenvalue weighted by molar-refractivity contribution is 6.29. The van der Waals surface area contributed by atoms with Crippen molar-refractivity contribution in [3.05, 3.63) is 59.9 Å². The standard InChI is InChI=1S/C26H29FN2O3/c1-2-3-7-17-10-12-18(13-11-17)24(30)23-21-16-19(27)14-15-22(21)29(25(23)31)26(32)28-20-8-5-4-6-9-20/h4-6,8-9,14-18,23H,2-3,7,10-13H2,1H3,(H,28,32). The number of nitrogens with zero attached hydrogens (tertiary/aromatic N) is 1. The number of benzene rings is 2. The SMILES string of the molecule is CCCCC1CCC(C(=O)C2C(=O)N(C(=O)Nc3ccccc3)c3ccc(F)cc32)CC1. The van der Waals surface area contributed by atoms with Crippen LogP contribution in [0.25, 0.3) is 0 Å². The smallest absolute Gasteiger partial charge is 0.307 e. The number of fused-ring (bicyclic) bond motifs is 1. The number of hydrogen-bond donors (Lipinski definition) is 1. The number of hydrogen-bond acceptors (Lipinski definition) is 3. The maximum absolute atomic E-state index is 14.1. The zero-order chi connectivity index (χ0) is 22.7. The molecular weight excluding hydrogens is 407 g/mol. The summed E-state index contributed by atoms with van der Waals surface area (Å²) in [5, 5.41) is 2.70. The number of amides is 3. The number of halogens is 1. The minimum atomic E-state index is -1.13. The predicted octanol–water partition coefficient (Wildman–Crippen LogP) is 6.05. The van der Waals surface area contributed by atoms with Gasteiger partial charge in [-0.1, -0.05) is 44.4 Å². The van der Waals surface area contributed by atoms with Crippen molar-refractivity contribution in [3.63, 3.8) is 0 Å². The molecule has 5 nitrogen and oxygen atoms in total. The lowest BCUT2D eigenvalue weighted by Gasteiger charge is -2.29. The second kappa shape index (κ2) is 9.63. The Morgan fingerprint density at radius 3 is 2.47 bits per heavy atom. The first-order chi connectivity index (χ1) is 15.5. The van der Waals surface area contributed by atoms with Gasteiger partial charge in [0, 0.05) is 11.6 Å². The number of unbranched alkanes of at least 4 members (excludes halogenated alkanes) is 1. The molecular formula is C26H29FN2O3. The van der Waals surface area contributed by atoms with E-state index in [0.29, 0.717) is 11.6 Å². The molecule has 0 bridgehead atoms. The normalized spacial score (nSPS) is 22.5. The van der Waals surface area contributed by atoms with Crippen molar-refractivity contribution in [2.75, 3.05) is 10.2 Å². The molecule has 3 amide bonds. The topological polar surface area (TPSA) is 66.5 Å². The molecule has 1 saturated carbocycles. The number of ketones is 1. The van der Waals surface area contributed by atoms with Crippen LogP contribution in [0.5, 0.6) is 0 Å². The van der Waals surface area contributed by atoms with Crippen molar-refractivity contribution in [2.24, 2.45) is 11.8 Å². The van der Waals surface area contributed by atoms with Crippen LogP contribution in [-0.2, 0) is 9.59 Å². The maximum atomic E-state index is 14.1. The van der Waals surface area contributed by atoms with E-state index in [2.05, 4.69) is 12.2 Å². The van der Waals surface area contributed by atoms with Gasteiger partial charge in [0.05, 0.1) is 5.69 Å². The fourth-order valence-electron chi connectivity index (χ4n) is 4.99. The lowest BCUT2D eigenvalue weighted by atomic mass is 9.75. The molecule has 1 fully saturated rings. The van der Waals surface area contributed by atoms with Crippen LogP contribution in [-0.4, -0.2) is 17.7 Å². The Hall–Kier alpha value is -3.02. The number of anilines is 2. The molecule has 4 rings (SSSR count). The molecule has 168 valence electrons. The first-order valence-corrected chi connectivity index (χ1v) is 11.5. The predicted molar refractivity (Wildman–Crippen MR) is 122 cm³/mol. The van der Waals surface area contributed by atoms with Crippen LogP contribution in [0.2, 0.25) is 0 Å².